The lowest BCUT2D eigenvalue weighted by atomic mass is 10.1. The van der Waals surface area contributed by atoms with Gasteiger partial charge in [0, 0.05) is 16.9 Å². The largest absolute Gasteiger partial charge is 0.444 e. The molecule has 19 heavy (non-hydrogen) atoms. The van der Waals surface area contributed by atoms with Crippen molar-refractivity contribution in [1.29, 1.82) is 0 Å². The van der Waals surface area contributed by atoms with Crippen LogP contribution in [-0.2, 0) is 17.0 Å². The maximum absolute atomic E-state index is 11.5. The Hall–Kier alpha value is -0.740. The van der Waals surface area contributed by atoms with Gasteiger partial charge in [-0.25, -0.2) is 4.79 Å². The fourth-order valence-electron chi connectivity index (χ4n) is 1.48. The summed E-state index contributed by atoms with van der Waals surface area (Å²) in [6, 6.07) is 6.02. The van der Waals surface area contributed by atoms with Crippen LogP contribution in [0.3, 0.4) is 0 Å². The van der Waals surface area contributed by atoms with E-state index in [1.807, 2.05) is 39.0 Å². The van der Waals surface area contributed by atoms with Crippen LogP contribution in [0, 0.1) is 0 Å². The molecule has 1 aromatic rings. The highest BCUT2D eigenvalue weighted by Gasteiger charge is 2.15. The minimum absolute atomic E-state index is 0.385. The van der Waals surface area contributed by atoms with E-state index in [1.54, 1.807) is 0 Å². The first-order chi connectivity index (χ1) is 8.81. The molecule has 1 aromatic carbocycles. The fourth-order valence-corrected chi connectivity index (χ4v) is 2.44. The summed E-state index contributed by atoms with van der Waals surface area (Å²) in [4.78, 5) is 11.5. The van der Waals surface area contributed by atoms with Crippen molar-refractivity contribution in [3.8, 4) is 0 Å². The second-order valence-corrected chi connectivity index (χ2v) is 6.36. The number of hydrogen-bond acceptors (Lipinski definition) is 2. The smallest absolute Gasteiger partial charge is 0.407 e. The summed E-state index contributed by atoms with van der Waals surface area (Å²) in [6.45, 7) is 6.07. The van der Waals surface area contributed by atoms with Crippen molar-refractivity contribution in [1.82, 2.24) is 5.32 Å². The molecule has 0 saturated carbocycles. The molecule has 0 aliphatic rings. The zero-order valence-corrected chi connectivity index (χ0v) is 13.8. The molecule has 0 aromatic heterocycles. The van der Waals surface area contributed by atoms with Crippen molar-refractivity contribution in [2.75, 3.05) is 6.54 Å². The standard InChI is InChI=1S/C14H19BrClNO2/c1-14(2,3)19-13(18)17-7-6-10-4-5-11(9-16)12(15)8-10/h4-5,8H,6-7,9H2,1-3H3,(H,17,18). The summed E-state index contributed by atoms with van der Waals surface area (Å²) in [6.07, 6.45) is 0.365. The van der Waals surface area contributed by atoms with Gasteiger partial charge in [-0.15, -0.1) is 11.6 Å². The van der Waals surface area contributed by atoms with Gasteiger partial charge in [0.2, 0.25) is 0 Å². The zero-order chi connectivity index (χ0) is 14.5. The Kier molecular flexibility index (Phi) is 6.14. The highest BCUT2D eigenvalue weighted by atomic mass is 79.9. The van der Waals surface area contributed by atoms with Crippen LogP contribution in [0.4, 0.5) is 4.79 Å². The summed E-state index contributed by atoms with van der Waals surface area (Å²) in [5, 5.41) is 2.73. The molecular formula is C14H19BrClNO2. The Morgan fingerprint density at radius 1 is 1.42 bits per heavy atom. The quantitative estimate of drug-likeness (QED) is 0.826. The van der Waals surface area contributed by atoms with Crippen molar-refractivity contribution in [3.05, 3.63) is 33.8 Å². The SMILES string of the molecule is CC(C)(C)OC(=O)NCCc1ccc(CCl)c(Br)c1. The molecule has 0 aliphatic heterocycles. The van der Waals surface area contributed by atoms with Crippen LogP contribution >= 0.6 is 27.5 Å². The number of nitrogens with one attached hydrogen (secondary N) is 1. The number of hydrogen-bond donors (Lipinski definition) is 1. The molecule has 0 radical (unpaired) electrons. The van der Waals surface area contributed by atoms with Crippen molar-refractivity contribution < 1.29 is 9.53 Å². The average molecular weight is 349 g/mol. The van der Waals surface area contributed by atoms with Gasteiger partial charge in [0.05, 0.1) is 0 Å². The molecule has 1 N–H and O–H groups in total. The van der Waals surface area contributed by atoms with E-state index in [9.17, 15) is 4.79 Å². The Morgan fingerprint density at radius 3 is 2.63 bits per heavy atom. The molecule has 0 bridgehead atoms. The summed E-state index contributed by atoms with van der Waals surface area (Å²) >= 11 is 9.26. The van der Waals surface area contributed by atoms with Gasteiger partial charge in [-0.2, -0.15) is 0 Å². The first-order valence-corrected chi connectivity index (χ1v) is 7.44. The number of alkyl halides is 1. The third-order valence-corrected chi connectivity index (χ3v) is 3.37. The van der Waals surface area contributed by atoms with Crippen molar-refractivity contribution in [3.63, 3.8) is 0 Å². The molecule has 106 valence electrons. The predicted molar refractivity (Wildman–Crippen MR) is 81.6 cm³/mol. The number of carbonyl (C=O) groups excluding carboxylic acids is 1. The highest BCUT2D eigenvalue weighted by Crippen LogP contribution is 2.20. The third kappa shape index (κ3) is 6.30. The molecule has 0 aliphatic carbocycles. The lowest BCUT2D eigenvalue weighted by Gasteiger charge is -2.19. The minimum Gasteiger partial charge on any atom is -0.444 e. The van der Waals surface area contributed by atoms with E-state index >= 15 is 0 Å². The molecule has 1 amide bonds. The Labute approximate surface area is 127 Å². The van der Waals surface area contributed by atoms with E-state index in [0.29, 0.717) is 12.4 Å². The van der Waals surface area contributed by atoms with Gasteiger partial charge < -0.3 is 10.1 Å². The van der Waals surface area contributed by atoms with Crippen LogP contribution in [0.25, 0.3) is 0 Å². The van der Waals surface area contributed by atoms with Gasteiger partial charge in [0.25, 0.3) is 0 Å². The molecule has 0 spiro atoms. The number of amides is 1. The topological polar surface area (TPSA) is 38.3 Å². The second kappa shape index (κ2) is 7.15. The van der Waals surface area contributed by atoms with Crippen LogP contribution < -0.4 is 5.32 Å². The Balaban J connectivity index is 2.41. The molecule has 0 atom stereocenters. The van der Waals surface area contributed by atoms with Crippen LogP contribution in [0.1, 0.15) is 31.9 Å². The number of rotatable bonds is 4. The van der Waals surface area contributed by atoms with E-state index < -0.39 is 5.60 Å². The van der Waals surface area contributed by atoms with Gasteiger partial charge in [0.1, 0.15) is 5.60 Å². The summed E-state index contributed by atoms with van der Waals surface area (Å²) in [5.74, 6) is 0.483. The highest BCUT2D eigenvalue weighted by molar-refractivity contribution is 9.10. The van der Waals surface area contributed by atoms with E-state index in [1.165, 1.54) is 0 Å². The third-order valence-electron chi connectivity index (χ3n) is 2.34. The maximum Gasteiger partial charge on any atom is 0.407 e. The molecule has 5 heteroatoms. The van der Waals surface area contributed by atoms with Gasteiger partial charge in [0.15, 0.2) is 0 Å². The van der Waals surface area contributed by atoms with E-state index in [-0.39, 0.29) is 6.09 Å². The normalized spacial score (nSPS) is 11.2. The van der Waals surface area contributed by atoms with Gasteiger partial charge in [-0.3, -0.25) is 0 Å². The lowest BCUT2D eigenvalue weighted by Crippen LogP contribution is -2.33. The summed E-state index contributed by atoms with van der Waals surface area (Å²) in [7, 11) is 0. The van der Waals surface area contributed by atoms with E-state index in [4.69, 9.17) is 16.3 Å². The van der Waals surface area contributed by atoms with Crippen LogP contribution in [-0.4, -0.2) is 18.2 Å². The zero-order valence-electron chi connectivity index (χ0n) is 11.4. The molecular weight excluding hydrogens is 330 g/mol. The molecule has 0 saturated heterocycles. The van der Waals surface area contributed by atoms with Crippen molar-refractivity contribution in [2.24, 2.45) is 0 Å². The van der Waals surface area contributed by atoms with E-state index in [0.717, 1.165) is 22.0 Å². The summed E-state index contributed by atoms with van der Waals surface area (Å²) < 4.78 is 6.16. The minimum atomic E-state index is -0.463. The second-order valence-electron chi connectivity index (χ2n) is 5.24. The number of benzene rings is 1. The first kappa shape index (κ1) is 16.3. The number of halogens is 2. The fraction of sp³-hybridized carbons (Fsp3) is 0.500. The molecule has 1 rings (SSSR count). The summed E-state index contributed by atoms with van der Waals surface area (Å²) in [5.41, 5.74) is 1.73. The van der Waals surface area contributed by atoms with Crippen LogP contribution in [0.5, 0.6) is 0 Å². The monoisotopic (exact) mass is 347 g/mol. The van der Waals surface area contributed by atoms with Crippen molar-refractivity contribution in [2.45, 2.75) is 38.7 Å². The maximum atomic E-state index is 11.5. The van der Waals surface area contributed by atoms with Crippen LogP contribution in [0.15, 0.2) is 22.7 Å². The van der Waals surface area contributed by atoms with Crippen LogP contribution in [0.2, 0.25) is 0 Å². The average Bonchev–Trinajstić information content (AvgIpc) is 2.26. The first-order valence-electron chi connectivity index (χ1n) is 6.12. The number of alkyl carbamates (subject to hydrolysis) is 1. The molecule has 3 nitrogen and oxygen atoms in total. The van der Waals surface area contributed by atoms with Crippen molar-refractivity contribution >= 4 is 33.6 Å². The molecule has 0 unspecified atom stereocenters. The number of ether oxygens (including phenoxy) is 1. The Bertz CT molecular complexity index is 444. The number of carbonyl (C=O) groups is 1. The van der Waals surface area contributed by atoms with Gasteiger partial charge in [-0.05, 0) is 44.4 Å². The predicted octanol–water partition coefficient (Wildman–Crippen LogP) is 4.26. The Morgan fingerprint density at radius 2 is 2.11 bits per heavy atom. The molecule has 0 fully saturated rings. The van der Waals surface area contributed by atoms with Gasteiger partial charge in [-0.1, -0.05) is 28.1 Å². The van der Waals surface area contributed by atoms with Gasteiger partial charge >= 0.3 is 6.09 Å². The van der Waals surface area contributed by atoms with E-state index in [2.05, 4.69) is 21.2 Å². The lowest BCUT2D eigenvalue weighted by molar-refractivity contribution is 0.0528. The molecule has 0 heterocycles.